The second-order valence-electron chi connectivity index (χ2n) is 4.98. The minimum atomic E-state index is 0.535. The number of aliphatic imine (C=N–C) groups is 1. The van der Waals surface area contributed by atoms with Gasteiger partial charge in [0.05, 0.1) is 14.2 Å². The fourth-order valence-corrected chi connectivity index (χ4v) is 2.03. The van der Waals surface area contributed by atoms with Gasteiger partial charge >= 0.3 is 0 Å². The van der Waals surface area contributed by atoms with E-state index in [0.29, 0.717) is 11.8 Å². The van der Waals surface area contributed by atoms with E-state index in [9.17, 15) is 0 Å². The van der Waals surface area contributed by atoms with Crippen LogP contribution in [0.25, 0.3) is 0 Å². The van der Waals surface area contributed by atoms with Gasteiger partial charge < -0.3 is 20.1 Å². The SMILES string of the molecule is CCN=C(Nc1ccc(OC)c(OC)c1)NC1CC1C. The van der Waals surface area contributed by atoms with Gasteiger partial charge in [-0.05, 0) is 31.4 Å². The number of anilines is 1. The van der Waals surface area contributed by atoms with Crippen LogP contribution in [0.3, 0.4) is 0 Å². The van der Waals surface area contributed by atoms with Crippen LogP contribution in [0.4, 0.5) is 5.69 Å². The molecule has 0 aliphatic heterocycles. The smallest absolute Gasteiger partial charge is 0.196 e. The van der Waals surface area contributed by atoms with Crippen molar-refractivity contribution in [3.63, 3.8) is 0 Å². The summed E-state index contributed by atoms with van der Waals surface area (Å²) in [6.07, 6.45) is 1.20. The molecule has 20 heavy (non-hydrogen) atoms. The van der Waals surface area contributed by atoms with E-state index in [4.69, 9.17) is 9.47 Å². The highest BCUT2D eigenvalue weighted by molar-refractivity contribution is 5.94. The molecule has 1 aliphatic carbocycles. The summed E-state index contributed by atoms with van der Waals surface area (Å²) < 4.78 is 10.5. The maximum Gasteiger partial charge on any atom is 0.196 e. The zero-order valence-electron chi connectivity index (χ0n) is 12.6. The number of methoxy groups -OCH3 is 2. The molecule has 110 valence electrons. The minimum absolute atomic E-state index is 0.535. The summed E-state index contributed by atoms with van der Waals surface area (Å²) in [5.41, 5.74) is 0.927. The zero-order chi connectivity index (χ0) is 14.5. The maximum atomic E-state index is 5.30. The predicted molar refractivity (Wildman–Crippen MR) is 81.8 cm³/mol. The van der Waals surface area contributed by atoms with Crippen LogP contribution in [0, 0.1) is 5.92 Å². The summed E-state index contributed by atoms with van der Waals surface area (Å²) in [6, 6.07) is 6.27. The molecule has 0 aromatic heterocycles. The summed E-state index contributed by atoms with van der Waals surface area (Å²) in [7, 11) is 3.26. The number of benzene rings is 1. The molecule has 0 heterocycles. The largest absolute Gasteiger partial charge is 0.493 e. The van der Waals surface area contributed by atoms with E-state index in [1.807, 2.05) is 25.1 Å². The van der Waals surface area contributed by atoms with Crippen LogP contribution >= 0.6 is 0 Å². The lowest BCUT2D eigenvalue weighted by Crippen LogP contribution is -2.33. The Balaban J connectivity index is 2.07. The van der Waals surface area contributed by atoms with Gasteiger partial charge in [0.2, 0.25) is 0 Å². The molecule has 1 fully saturated rings. The molecule has 0 radical (unpaired) electrons. The highest BCUT2D eigenvalue weighted by atomic mass is 16.5. The molecule has 2 unspecified atom stereocenters. The summed E-state index contributed by atoms with van der Waals surface area (Å²) in [6.45, 7) is 5.00. The molecule has 0 saturated heterocycles. The number of hydrogen-bond donors (Lipinski definition) is 2. The quantitative estimate of drug-likeness (QED) is 0.641. The van der Waals surface area contributed by atoms with Gasteiger partial charge in [0, 0.05) is 24.3 Å². The molecule has 0 amide bonds. The summed E-state index contributed by atoms with van der Waals surface area (Å²) in [4.78, 5) is 4.45. The molecule has 1 saturated carbocycles. The molecular weight excluding hydrogens is 254 g/mol. The first kappa shape index (κ1) is 14.5. The number of nitrogens with zero attached hydrogens (tertiary/aromatic N) is 1. The van der Waals surface area contributed by atoms with E-state index in [2.05, 4.69) is 22.5 Å². The van der Waals surface area contributed by atoms with Crippen molar-refractivity contribution in [2.75, 3.05) is 26.1 Å². The van der Waals surface area contributed by atoms with Gasteiger partial charge in [-0.15, -0.1) is 0 Å². The van der Waals surface area contributed by atoms with Crippen LogP contribution < -0.4 is 20.1 Å². The molecule has 1 aromatic rings. The maximum absolute atomic E-state index is 5.30. The average molecular weight is 277 g/mol. The Hall–Kier alpha value is -1.91. The van der Waals surface area contributed by atoms with Crippen LogP contribution in [0.5, 0.6) is 11.5 Å². The molecule has 2 rings (SSSR count). The third kappa shape index (κ3) is 3.56. The predicted octanol–water partition coefficient (Wildman–Crippen LogP) is 2.49. The van der Waals surface area contributed by atoms with Crippen molar-refractivity contribution < 1.29 is 9.47 Å². The van der Waals surface area contributed by atoms with E-state index >= 15 is 0 Å². The minimum Gasteiger partial charge on any atom is -0.493 e. The second-order valence-corrected chi connectivity index (χ2v) is 4.98. The molecule has 1 aliphatic rings. The van der Waals surface area contributed by atoms with Gasteiger partial charge in [0.15, 0.2) is 17.5 Å². The summed E-state index contributed by atoms with van der Waals surface area (Å²) >= 11 is 0. The van der Waals surface area contributed by atoms with E-state index in [1.165, 1.54) is 6.42 Å². The Morgan fingerprint density at radius 3 is 2.55 bits per heavy atom. The van der Waals surface area contributed by atoms with Gasteiger partial charge in [-0.3, -0.25) is 4.99 Å². The van der Waals surface area contributed by atoms with Gasteiger partial charge in [-0.25, -0.2) is 0 Å². The number of nitrogens with one attached hydrogen (secondary N) is 2. The Bertz CT molecular complexity index is 488. The van der Waals surface area contributed by atoms with Crippen molar-refractivity contribution in [2.24, 2.45) is 10.9 Å². The number of ether oxygens (including phenoxy) is 2. The second kappa shape index (κ2) is 6.50. The lowest BCUT2D eigenvalue weighted by molar-refractivity contribution is 0.355. The van der Waals surface area contributed by atoms with Gasteiger partial charge in [-0.2, -0.15) is 0 Å². The van der Waals surface area contributed by atoms with Crippen molar-refractivity contribution in [1.82, 2.24) is 5.32 Å². The Morgan fingerprint density at radius 1 is 1.30 bits per heavy atom. The van der Waals surface area contributed by atoms with Gasteiger partial charge in [0.25, 0.3) is 0 Å². The fourth-order valence-electron chi connectivity index (χ4n) is 2.03. The molecule has 2 atom stereocenters. The zero-order valence-corrected chi connectivity index (χ0v) is 12.6. The monoisotopic (exact) mass is 277 g/mol. The topological polar surface area (TPSA) is 54.9 Å². The van der Waals surface area contributed by atoms with Crippen molar-refractivity contribution >= 4 is 11.6 Å². The van der Waals surface area contributed by atoms with Crippen LogP contribution in [0.1, 0.15) is 20.3 Å². The molecule has 0 spiro atoms. The van der Waals surface area contributed by atoms with Crippen molar-refractivity contribution in [2.45, 2.75) is 26.3 Å². The van der Waals surface area contributed by atoms with E-state index in [0.717, 1.165) is 29.9 Å². The van der Waals surface area contributed by atoms with Crippen molar-refractivity contribution in [3.05, 3.63) is 18.2 Å². The van der Waals surface area contributed by atoms with Crippen LogP contribution in [0.2, 0.25) is 0 Å². The van der Waals surface area contributed by atoms with E-state index in [-0.39, 0.29) is 0 Å². The molecule has 5 nitrogen and oxygen atoms in total. The first-order valence-corrected chi connectivity index (χ1v) is 6.98. The number of guanidine groups is 1. The highest BCUT2D eigenvalue weighted by Gasteiger charge is 2.33. The first-order valence-electron chi connectivity index (χ1n) is 6.98. The van der Waals surface area contributed by atoms with Crippen LogP contribution in [-0.4, -0.2) is 32.8 Å². The normalized spacial score (nSPS) is 21.3. The summed E-state index contributed by atoms with van der Waals surface area (Å²) in [5, 5.41) is 6.72. The highest BCUT2D eigenvalue weighted by Crippen LogP contribution is 2.31. The first-order chi connectivity index (χ1) is 9.67. The Morgan fingerprint density at radius 2 is 2.00 bits per heavy atom. The van der Waals surface area contributed by atoms with Gasteiger partial charge in [0.1, 0.15) is 0 Å². The third-order valence-corrected chi connectivity index (χ3v) is 3.39. The Labute approximate surface area is 120 Å². The van der Waals surface area contributed by atoms with Gasteiger partial charge in [-0.1, -0.05) is 6.92 Å². The van der Waals surface area contributed by atoms with E-state index in [1.54, 1.807) is 14.2 Å². The Kier molecular flexibility index (Phi) is 4.71. The van der Waals surface area contributed by atoms with Crippen LogP contribution in [0.15, 0.2) is 23.2 Å². The molecule has 2 N–H and O–H groups in total. The van der Waals surface area contributed by atoms with E-state index < -0.39 is 0 Å². The number of hydrogen-bond acceptors (Lipinski definition) is 3. The van der Waals surface area contributed by atoms with Crippen LogP contribution in [-0.2, 0) is 0 Å². The van der Waals surface area contributed by atoms with Crippen molar-refractivity contribution in [1.29, 1.82) is 0 Å². The summed E-state index contributed by atoms with van der Waals surface area (Å²) in [5.74, 6) is 2.96. The molecule has 5 heteroatoms. The molecule has 1 aromatic carbocycles. The third-order valence-electron chi connectivity index (χ3n) is 3.39. The lowest BCUT2D eigenvalue weighted by Gasteiger charge is -2.14. The number of rotatable bonds is 5. The fraction of sp³-hybridized carbons (Fsp3) is 0.533. The molecule has 0 bridgehead atoms. The van der Waals surface area contributed by atoms with Crippen molar-refractivity contribution in [3.8, 4) is 11.5 Å². The lowest BCUT2D eigenvalue weighted by atomic mass is 10.2. The average Bonchev–Trinajstić information content (AvgIpc) is 3.14. The standard InChI is InChI=1S/C15H23N3O2/c1-5-16-15(18-12-8-10(12)2)17-11-6-7-13(19-3)14(9-11)20-4/h6-7,9-10,12H,5,8H2,1-4H3,(H2,16,17,18). The molecular formula is C15H23N3O2.